The van der Waals surface area contributed by atoms with Crippen LogP contribution in [0.15, 0.2) is 77.4 Å². The standard InChI is InChI=1S/C21H18N2O3/c24-21(22-13-18-7-4-10-25-18)20-11-16-8-9-17(12-19(16)23-20)26-14-15-5-2-1-3-6-15/h1-12,23H,13-14H2,(H,22,24). The summed E-state index contributed by atoms with van der Waals surface area (Å²) < 4.78 is 11.0. The number of aromatic amines is 1. The van der Waals surface area contributed by atoms with Crippen LogP contribution in [0.25, 0.3) is 10.9 Å². The van der Waals surface area contributed by atoms with Crippen molar-refractivity contribution in [2.75, 3.05) is 0 Å². The molecular formula is C21H18N2O3. The fraction of sp³-hybridized carbons (Fsp3) is 0.0952. The van der Waals surface area contributed by atoms with Crippen molar-refractivity contribution in [1.82, 2.24) is 10.3 Å². The van der Waals surface area contributed by atoms with E-state index in [1.54, 1.807) is 12.3 Å². The molecule has 130 valence electrons. The fourth-order valence-electron chi connectivity index (χ4n) is 2.73. The van der Waals surface area contributed by atoms with Crippen molar-refractivity contribution in [1.29, 1.82) is 0 Å². The summed E-state index contributed by atoms with van der Waals surface area (Å²) in [5, 5.41) is 3.79. The highest BCUT2D eigenvalue weighted by Gasteiger charge is 2.10. The molecule has 0 unspecified atom stereocenters. The zero-order chi connectivity index (χ0) is 17.8. The Balaban J connectivity index is 1.44. The Hall–Kier alpha value is -3.47. The van der Waals surface area contributed by atoms with Gasteiger partial charge in [-0.1, -0.05) is 30.3 Å². The van der Waals surface area contributed by atoms with Gasteiger partial charge in [0.05, 0.1) is 12.8 Å². The molecule has 0 saturated heterocycles. The Bertz CT molecular complexity index is 1000. The number of hydrogen-bond acceptors (Lipinski definition) is 3. The number of rotatable bonds is 6. The van der Waals surface area contributed by atoms with E-state index in [0.717, 1.165) is 22.2 Å². The molecule has 0 atom stereocenters. The molecule has 5 nitrogen and oxygen atoms in total. The first-order chi connectivity index (χ1) is 12.8. The number of fused-ring (bicyclic) bond motifs is 1. The van der Waals surface area contributed by atoms with Crippen molar-refractivity contribution in [3.63, 3.8) is 0 Å². The van der Waals surface area contributed by atoms with Crippen LogP contribution in [0.2, 0.25) is 0 Å². The minimum atomic E-state index is -0.177. The van der Waals surface area contributed by atoms with Crippen molar-refractivity contribution >= 4 is 16.8 Å². The molecule has 2 heterocycles. The van der Waals surface area contributed by atoms with Gasteiger partial charge in [0.15, 0.2) is 0 Å². The van der Waals surface area contributed by atoms with Gasteiger partial charge >= 0.3 is 0 Å². The van der Waals surface area contributed by atoms with Crippen LogP contribution in [0, 0.1) is 0 Å². The lowest BCUT2D eigenvalue weighted by Crippen LogP contribution is -2.22. The Morgan fingerprint density at radius 1 is 1.04 bits per heavy atom. The molecule has 2 aromatic heterocycles. The van der Waals surface area contributed by atoms with Crippen LogP contribution in [0.5, 0.6) is 5.75 Å². The van der Waals surface area contributed by atoms with E-state index in [4.69, 9.17) is 9.15 Å². The third kappa shape index (κ3) is 3.62. The quantitative estimate of drug-likeness (QED) is 0.548. The van der Waals surface area contributed by atoms with Crippen LogP contribution in [0.3, 0.4) is 0 Å². The smallest absolute Gasteiger partial charge is 0.268 e. The number of carbonyl (C=O) groups excluding carboxylic acids is 1. The van der Waals surface area contributed by atoms with Crippen molar-refractivity contribution in [2.45, 2.75) is 13.2 Å². The zero-order valence-electron chi connectivity index (χ0n) is 14.1. The molecule has 26 heavy (non-hydrogen) atoms. The molecule has 0 radical (unpaired) electrons. The molecule has 5 heteroatoms. The van der Waals surface area contributed by atoms with E-state index >= 15 is 0 Å². The van der Waals surface area contributed by atoms with E-state index in [9.17, 15) is 4.79 Å². The number of benzene rings is 2. The van der Waals surface area contributed by atoms with Crippen LogP contribution < -0.4 is 10.1 Å². The summed E-state index contributed by atoms with van der Waals surface area (Å²) in [5.41, 5.74) is 2.47. The van der Waals surface area contributed by atoms with Crippen molar-refractivity contribution in [2.24, 2.45) is 0 Å². The van der Waals surface area contributed by atoms with Crippen LogP contribution in [-0.2, 0) is 13.2 Å². The Morgan fingerprint density at radius 2 is 1.92 bits per heavy atom. The average Bonchev–Trinajstić information content (AvgIpc) is 3.34. The minimum absolute atomic E-state index is 0.177. The number of H-pyrrole nitrogens is 1. The molecule has 0 aliphatic rings. The first kappa shape index (κ1) is 16.0. The van der Waals surface area contributed by atoms with E-state index in [-0.39, 0.29) is 5.91 Å². The summed E-state index contributed by atoms with van der Waals surface area (Å²) in [6, 6.07) is 21.2. The van der Waals surface area contributed by atoms with Gasteiger partial charge in [-0.3, -0.25) is 4.79 Å². The normalized spacial score (nSPS) is 10.8. The molecular weight excluding hydrogens is 328 g/mol. The second-order valence-corrected chi connectivity index (χ2v) is 5.97. The van der Waals surface area contributed by atoms with Crippen LogP contribution >= 0.6 is 0 Å². The third-order valence-electron chi connectivity index (χ3n) is 4.09. The molecule has 0 saturated carbocycles. The lowest BCUT2D eigenvalue weighted by molar-refractivity contribution is 0.0944. The van der Waals surface area contributed by atoms with Crippen LogP contribution in [0.1, 0.15) is 21.8 Å². The second-order valence-electron chi connectivity index (χ2n) is 5.97. The fourth-order valence-corrected chi connectivity index (χ4v) is 2.73. The molecule has 2 aromatic carbocycles. The van der Waals surface area contributed by atoms with Crippen molar-refractivity contribution < 1.29 is 13.9 Å². The highest BCUT2D eigenvalue weighted by Crippen LogP contribution is 2.22. The maximum absolute atomic E-state index is 12.3. The van der Waals surface area contributed by atoms with Crippen LogP contribution in [0.4, 0.5) is 0 Å². The van der Waals surface area contributed by atoms with Gasteiger partial charge in [0, 0.05) is 17.0 Å². The molecule has 0 spiro atoms. The number of furan rings is 1. The molecule has 2 N–H and O–H groups in total. The topological polar surface area (TPSA) is 67.3 Å². The van der Waals surface area contributed by atoms with Gasteiger partial charge in [0.1, 0.15) is 23.8 Å². The van der Waals surface area contributed by atoms with Crippen molar-refractivity contribution in [3.8, 4) is 5.75 Å². The largest absolute Gasteiger partial charge is 0.489 e. The number of ether oxygens (including phenoxy) is 1. The number of hydrogen-bond donors (Lipinski definition) is 2. The summed E-state index contributed by atoms with van der Waals surface area (Å²) in [6.07, 6.45) is 1.58. The molecule has 4 aromatic rings. The lowest BCUT2D eigenvalue weighted by Gasteiger charge is -2.06. The third-order valence-corrected chi connectivity index (χ3v) is 4.09. The maximum Gasteiger partial charge on any atom is 0.268 e. The van der Waals surface area contributed by atoms with Gasteiger partial charge in [-0.2, -0.15) is 0 Å². The molecule has 0 fully saturated rings. The van der Waals surface area contributed by atoms with Gasteiger partial charge in [-0.15, -0.1) is 0 Å². The number of amides is 1. The van der Waals surface area contributed by atoms with Gasteiger partial charge in [0.25, 0.3) is 5.91 Å². The van der Waals surface area contributed by atoms with Crippen molar-refractivity contribution in [3.05, 3.63) is 90.0 Å². The summed E-state index contributed by atoms with van der Waals surface area (Å²) in [5.74, 6) is 1.29. The molecule has 1 amide bonds. The van der Waals surface area contributed by atoms with E-state index in [1.165, 1.54) is 0 Å². The SMILES string of the molecule is O=C(NCc1ccco1)c1cc2ccc(OCc3ccccc3)cc2[nH]1. The Labute approximate surface area is 150 Å². The summed E-state index contributed by atoms with van der Waals surface area (Å²) in [4.78, 5) is 15.4. The summed E-state index contributed by atoms with van der Waals surface area (Å²) in [7, 11) is 0. The van der Waals surface area contributed by atoms with E-state index in [0.29, 0.717) is 24.6 Å². The molecule has 0 aliphatic carbocycles. The minimum Gasteiger partial charge on any atom is -0.489 e. The lowest BCUT2D eigenvalue weighted by atomic mass is 10.2. The van der Waals surface area contributed by atoms with Crippen LogP contribution in [-0.4, -0.2) is 10.9 Å². The van der Waals surface area contributed by atoms with Gasteiger partial charge < -0.3 is 19.5 Å². The van der Waals surface area contributed by atoms with Gasteiger partial charge in [-0.25, -0.2) is 0 Å². The Kier molecular flexibility index (Phi) is 4.43. The number of carbonyl (C=O) groups is 1. The highest BCUT2D eigenvalue weighted by atomic mass is 16.5. The second kappa shape index (κ2) is 7.19. The van der Waals surface area contributed by atoms with E-state index < -0.39 is 0 Å². The monoisotopic (exact) mass is 346 g/mol. The number of aromatic nitrogens is 1. The number of nitrogens with one attached hydrogen (secondary N) is 2. The van der Waals surface area contributed by atoms with E-state index in [1.807, 2.05) is 60.7 Å². The van der Waals surface area contributed by atoms with E-state index in [2.05, 4.69) is 10.3 Å². The summed E-state index contributed by atoms with van der Waals surface area (Å²) >= 11 is 0. The molecule has 0 aliphatic heterocycles. The predicted octanol–water partition coefficient (Wildman–Crippen LogP) is 4.27. The molecule has 4 rings (SSSR count). The van der Waals surface area contributed by atoms with Gasteiger partial charge in [-0.05, 0) is 35.9 Å². The predicted molar refractivity (Wildman–Crippen MR) is 99.0 cm³/mol. The first-order valence-electron chi connectivity index (χ1n) is 8.38. The Morgan fingerprint density at radius 3 is 2.73 bits per heavy atom. The first-order valence-corrected chi connectivity index (χ1v) is 8.38. The average molecular weight is 346 g/mol. The highest BCUT2D eigenvalue weighted by molar-refractivity contribution is 5.98. The van der Waals surface area contributed by atoms with Gasteiger partial charge in [0.2, 0.25) is 0 Å². The molecule has 0 bridgehead atoms. The summed E-state index contributed by atoms with van der Waals surface area (Å²) in [6.45, 7) is 0.857. The zero-order valence-corrected chi connectivity index (χ0v) is 14.1. The maximum atomic E-state index is 12.3.